The van der Waals surface area contributed by atoms with Gasteiger partial charge >= 0.3 is 0 Å². The van der Waals surface area contributed by atoms with Crippen molar-refractivity contribution in [1.29, 1.82) is 0 Å². The normalized spacial score (nSPS) is 17.3. The number of halogens is 1. The molecule has 3 nitrogen and oxygen atoms in total. The van der Waals surface area contributed by atoms with E-state index in [0.717, 1.165) is 22.7 Å². The largest absolute Gasteiger partial charge is 0.494 e. The van der Waals surface area contributed by atoms with Crippen LogP contribution in [0.15, 0.2) is 60.3 Å². The monoisotopic (exact) mass is 341 g/mol. The highest BCUT2D eigenvalue weighted by atomic mass is 35.5. The van der Waals surface area contributed by atoms with Gasteiger partial charge in [0.25, 0.3) is 0 Å². The Hall–Kier alpha value is -2.26. The molecule has 0 heterocycles. The molecule has 0 saturated carbocycles. The summed E-state index contributed by atoms with van der Waals surface area (Å²) in [4.78, 5) is 12.1. The van der Waals surface area contributed by atoms with Crippen molar-refractivity contribution in [2.24, 2.45) is 0 Å². The molecule has 2 aromatic rings. The number of carbonyl (C=O) groups excluding carboxylic acids is 1. The number of hydrogen-bond donors (Lipinski definition) is 1. The maximum absolute atomic E-state index is 12.1. The fraction of sp³-hybridized carbons (Fsp3) is 0.250. The average Bonchev–Trinajstić information content (AvgIpc) is 2.57. The standard InChI is InChI=1S/C20H20ClNO2/c1-2-24-20-9-7-17(8-10-20)22-18-11-15(12-19(23)13-18)14-3-5-16(21)6-4-14/h3-11,15,22H,2,12-13H2,1H3. The Kier molecular flexibility index (Phi) is 5.21. The van der Waals surface area contributed by atoms with Gasteiger partial charge in [0.15, 0.2) is 0 Å². The predicted octanol–water partition coefficient (Wildman–Crippen LogP) is 5.18. The lowest BCUT2D eigenvalue weighted by Gasteiger charge is -2.22. The zero-order valence-corrected chi connectivity index (χ0v) is 14.3. The van der Waals surface area contributed by atoms with Gasteiger partial charge in [-0.25, -0.2) is 0 Å². The summed E-state index contributed by atoms with van der Waals surface area (Å²) in [6, 6.07) is 15.5. The van der Waals surface area contributed by atoms with E-state index < -0.39 is 0 Å². The number of allylic oxidation sites excluding steroid dienone is 2. The number of rotatable bonds is 5. The van der Waals surface area contributed by atoms with Gasteiger partial charge in [-0.3, -0.25) is 4.79 Å². The highest BCUT2D eigenvalue weighted by Gasteiger charge is 2.21. The predicted molar refractivity (Wildman–Crippen MR) is 97.8 cm³/mol. The van der Waals surface area contributed by atoms with E-state index in [0.29, 0.717) is 24.5 Å². The van der Waals surface area contributed by atoms with Crippen molar-refractivity contribution in [3.8, 4) is 5.75 Å². The zero-order valence-electron chi connectivity index (χ0n) is 13.6. The topological polar surface area (TPSA) is 38.3 Å². The molecule has 0 saturated heterocycles. The van der Waals surface area contributed by atoms with E-state index in [9.17, 15) is 4.79 Å². The number of Topliss-reactive ketones (excluding diaryl/α,β-unsaturated/α-hetero) is 1. The van der Waals surface area contributed by atoms with Crippen LogP contribution in [0.2, 0.25) is 5.02 Å². The summed E-state index contributed by atoms with van der Waals surface area (Å²) in [5.74, 6) is 1.18. The highest BCUT2D eigenvalue weighted by Crippen LogP contribution is 2.30. The number of anilines is 1. The van der Waals surface area contributed by atoms with E-state index in [1.807, 2.05) is 55.5 Å². The van der Waals surface area contributed by atoms with Crippen LogP contribution >= 0.6 is 11.6 Å². The van der Waals surface area contributed by atoms with Crippen molar-refractivity contribution < 1.29 is 9.53 Å². The van der Waals surface area contributed by atoms with Crippen LogP contribution in [0, 0.1) is 0 Å². The van der Waals surface area contributed by atoms with Crippen LogP contribution in [0.1, 0.15) is 31.2 Å². The lowest BCUT2D eigenvalue weighted by Crippen LogP contribution is -2.16. The lowest BCUT2D eigenvalue weighted by molar-refractivity contribution is -0.118. The molecule has 0 radical (unpaired) electrons. The van der Waals surface area contributed by atoms with Gasteiger partial charge in [-0.15, -0.1) is 0 Å². The van der Waals surface area contributed by atoms with E-state index >= 15 is 0 Å². The first-order valence-electron chi connectivity index (χ1n) is 8.12. The summed E-state index contributed by atoms with van der Waals surface area (Å²) in [5.41, 5.74) is 3.00. The van der Waals surface area contributed by atoms with Crippen LogP contribution in [-0.4, -0.2) is 12.4 Å². The second-order valence-electron chi connectivity index (χ2n) is 5.85. The molecule has 3 rings (SSSR count). The van der Waals surface area contributed by atoms with E-state index in [1.165, 1.54) is 0 Å². The third-order valence-electron chi connectivity index (χ3n) is 4.01. The first-order chi connectivity index (χ1) is 11.6. The summed E-state index contributed by atoms with van der Waals surface area (Å²) in [6.07, 6.45) is 3.12. The maximum Gasteiger partial charge on any atom is 0.139 e. The van der Waals surface area contributed by atoms with E-state index in [1.54, 1.807) is 0 Å². The van der Waals surface area contributed by atoms with Crippen LogP contribution in [-0.2, 0) is 4.79 Å². The second-order valence-corrected chi connectivity index (χ2v) is 6.29. The molecule has 1 aliphatic carbocycles. The Bertz CT molecular complexity index is 735. The fourth-order valence-corrected chi connectivity index (χ4v) is 3.01. The molecule has 0 fully saturated rings. The SMILES string of the molecule is CCOc1ccc(NC2=CC(c3ccc(Cl)cc3)CC(=O)C2)cc1. The second kappa shape index (κ2) is 7.54. The molecule has 1 N–H and O–H groups in total. The molecular formula is C20H20ClNO2. The number of ketones is 1. The molecule has 0 bridgehead atoms. The lowest BCUT2D eigenvalue weighted by atomic mass is 9.87. The molecule has 124 valence electrons. The van der Waals surface area contributed by atoms with E-state index in [-0.39, 0.29) is 11.7 Å². The van der Waals surface area contributed by atoms with Gasteiger partial charge in [0, 0.05) is 35.2 Å². The molecule has 0 aliphatic heterocycles. The van der Waals surface area contributed by atoms with E-state index in [4.69, 9.17) is 16.3 Å². The number of hydrogen-bond acceptors (Lipinski definition) is 3. The van der Waals surface area contributed by atoms with Crippen LogP contribution < -0.4 is 10.1 Å². The number of ether oxygens (including phenoxy) is 1. The van der Waals surface area contributed by atoms with Crippen molar-refractivity contribution in [3.63, 3.8) is 0 Å². The summed E-state index contributed by atoms with van der Waals surface area (Å²) in [5, 5.41) is 4.06. The first-order valence-corrected chi connectivity index (χ1v) is 8.49. The molecule has 0 amide bonds. The number of carbonyl (C=O) groups is 1. The quantitative estimate of drug-likeness (QED) is 0.814. The third-order valence-corrected chi connectivity index (χ3v) is 4.26. The van der Waals surface area contributed by atoms with Gasteiger partial charge in [0.05, 0.1) is 6.61 Å². The highest BCUT2D eigenvalue weighted by molar-refractivity contribution is 6.30. The number of nitrogens with one attached hydrogen (secondary N) is 1. The van der Waals surface area contributed by atoms with Crippen LogP contribution in [0.5, 0.6) is 5.75 Å². The van der Waals surface area contributed by atoms with Crippen LogP contribution in [0.3, 0.4) is 0 Å². The molecular weight excluding hydrogens is 322 g/mol. The van der Waals surface area contributed by atoms with E-state index in [2.05, 4.69) is 11.4 Å². The summed E-state index contributed by atoms with van der Waals surface area (Å²) in [6.45, 7) is 2.61. The smallest absolute Gasteiger partial charge is 0.139 e. The van der Waals surface area contributed by atoms with Gasteiger partial charge in [0.2, 0.25) is 0 Å². The van der Waals surface area contributed by atoms with Crippen molar-refractivity contribution in [2.45, 2.75) is 25.7 Å². The molecule has 4 heteroatoms. The summed E-state index contributed by atoms with van der Waals surface area (Å²) >= 11 is 5.95. The summed E-state index contributed by atoms with van der Waals surface area (Å²) in [7, 11) is 0. The van der Waals surface area contributed by atoms with Gasteiger partial charge in [-0.05, 0) is 48.9 Å². The fourth-order valence-electron chi connectivity index (χ4n) is 2.89. The summed E-state index contributed by atoms with van der Waals surface area (Å²) < 4.78 is 5.45. The molecule has 0 aromatic heterocycles. The van der Waals surface area contributed by atoms with Gasteiger partial charge in [-0.2, -0.15) is 0 Å². The Morgan fingerprint density at radius 3 is 2.50 bits per heavy atom. The average molecular weight is 342 g/mol. The van der Waals surface area contributed by atoms with Crippen LogP contribution in [0.25, 0.3) is 0 Å². The minimum atomic E-state index is 0.0914. The van der Waals surface area contributed by atoms with Crippen molar-refractivity contribution in [2.75, 3.05) is 11.9 Å². The third kappa shape index (κ3) is 4.18. The van der Waals surface area contributed by atoms with Gasteiger partial charge < -0.3 is 10.1 Å². The Balaban J connectivity index is 1.76. The van der Waals surface area contributed by atoms with Crippen LogP contribution in [0.4, 0.5) is 5.69 Å². The molecule has 1 aliphatic rings. The Labute approximate surface area is 147 Å². The van der Waals surface area contributed by atoms with Crippen molar-refractivity contribution in [1.82, 2.24) is 0 Å². The minimum Gasteiger partial charge on any atom is -0.494 e. The molecule has 2 aromatic carbocycles. The Morgan fingerprint density at radius 1 is 1.12 bits per heavy atom. The molecule has 24 heavy (non-hydrogen) atoms. The zero-order chi connectivity index (χ0) is 16.9. The van der Waals surface area contributed by atoms with Crippen molar-refractivity contribution >= 4 is 23.1 Å². The molecule has 1 unspecified atom stereocenters. The Morgan fingerprint density at radius 2 is 1.83 bits per heavy atom. The number of benzene rings is 2. The maximum atomic E-state index is 12.1. The molecule has 0 spiro atoms. The molecule has 1 atom stereocenters. The van der Waals surface area contributed by atoms with Gasteiger partial charge in [-0.1, -0.05) is 29.8 Å². The van der Waals surface area contributed by atoms with Crippen molar-refractivity contribution in [3.05, 3.63) is 70.9 Å². The minimum absolute atomic E-state index is 0.0914. The first kappa shape index (κ1) is 16.6. The van der Waals surface area contributed by atoms with Gasteiger partial charge in [0.1, 0.15) is 11.5 Å².